The third-order valence-corrected chi connectivity index (χ3v) is 3.41. The average molecular weight is 288 g/mol. The molecule has 0 spiro atoms. The van der Waals surface area contributed by atoms with Gasteiger partial charge in [0.2, 0.25) is 0 Å². The molecule has 0 N–H and O–H groups in total. The Morgan fingerprint density at radius 3 is 2.00 bits per heavy atom. The Hall–Kier alpha value is -1.09. The lowest BCUT2D eigenvalue weighted by atomic mass is 10.2. The quantitative estimate of drug-likeness (QED) is 0.505. The summed E-state index contributed by atoms with van der Waals surface area (Å²) in [7, 11) is 0. The van der Waals surface area contributed by atoms with Gasteiger partial charge in [0.15, 0.2) is 23.0 Å². The second-order valence-corrected chi connectivity index (χ2v) is 4.66. The van der Waals surface area contributed by atoms with Crippen LogP contribution in [0.1, 0.15) is 0 Å². The fourth-order valence-electron chi connectivity index (χ4n) is 1.58. The van der Waals surface area contributed by atoms with E-state index >= 15 is 0 Å². The van der Waals surface area contributed by atoms with Crippen molar-refractivity contribution in [3.8, 4) is 23.0 Å². The highest BCUT2D eigenvalue weighted by Crippen LogP contribution is 2.53. The number of benzene rings is 2. The van der Waals surface area contributed by atoms with E-state index in [2.05, 4.69) is 0 Å². The van der Waals surface area contributed by atoms with E-state index in [4.69, 9.17) is 44.3 Å². The molecule has 0 saturated heterocycles. The van der Waals surface area contributed by atoms with Gasteiger partial charge in [0.25, 0.3) is 0 Å². The molecule has 0 radical (unpaired) electrons. The van der Waals surface area contributed by atoms with Crippen molar-refractivity contribution in [2.45, 2.75) is 0 Å². The average Bonchev–Trinajstić information content (AvgIpc) is 2.34. The molecule has 2 aromatic rings. The van der Waals surface area contributed by atoms with E-state index < -0.39 is 0 Å². The molecule has 0 atom stereocenters. The molecule has 3 rings (SSSR count). The predicted octanol–water partition coefficient (Wildman–Crippen LogP) is 5.54. The van der Waals surface area contributed by atoms with Crippen LogP contribution >= 0.6 is 34.8 Å². The molecular formula is C12H5Cl3O2. The van der Waals surface area contributed by atoms with E-state index in [1.165, 1.54) is 6.07 Å². The second-order valence-electron chi connectivity index (χ2n) is 3.46. The van der Waals surface area contributed by atoms with E-state index in [9.17, 15) is 0 Å². The summed E-state index contributed by atoms with van der Waals surface area (Å²) in [6, 6.07) is 8.79. The third kappa shape index (κ3) is 1.73. The highest BCUT2D eigenvalue weighted by atomic mass is 35.5. The Bertz CT molecular complexity index is 611. The third-order valence-electron chi connectivity index (χ3n) is 2.36. The number of hydrogen-bond donors (Lipinski definition) is 0. The van der Waals surface area contributed by atoms with Crippen molar-refractivity contribution in [1.82, 2.24) is 0 Å². The summed E-state index contributed by atoms with van der Waals surface area (Å²) in [6.45, 7) is 0. The number of hydrogen-bond acceptors (Lipinski definition) is 2. The molecule has 0 bridgehead atoms. The zero-order valence-corrected chi connectivity index (χ0v) is 10.6. The largest absolute Gasteiger partial charge is 0.448 e. The summed E-state index contributed by atoms with van der Waals surface area (Å²) in [4.78, 5) is 0. The van der Waals surface area contributed by atoms with Crippen LogP contribution in [0.3, 0.4) is 0 Å². The Kier molecular flexibility index (Phi) is 2.58. The van der Waals surface area contributed by atoms with Crippen molar-refractivity contribution in [2.24, 2.45) is 0 Å². The van der Waals surface area contributed by atoms with Crippen molar-refractivity contribution in [2.75, 3.05) is 0 Å². The minimum Gasteiger partial charge on any atom is -0.448 e. The standard InChI is InChI=1S/C12H5Cl3O2/c13-6-5-7(14)11-12(10(6)15)17-9-4-2-1-3-8(9)16-11/h1-5H. The normalized spacial score (nSPS) is 12.2. The maximum absolute atomic E-state index is 6.05. The van der Waals surface area contributed by atoms with Crippen molar-refractivity contribution in [1.29, 1.82) is 0 Å². The molecule has 1 heterocycles. The van der Waals surface area contributed by atoms with Crippen molar-refractivity contribution < 1.29 is 9.47 Å². The van der Waals surface area contributed by atoms with E-state index in [1.54, 1.807) is 12.1 Å². The van der Waals surface area contributed by atoms with Crippen molar-refractivity contribution in [3.05, 3.63) is 45.4 Å². The van der Waals surface area contributed by atoms with Gasteiger partial charge in [-0.05, 0) is 18.2 Å². The molecule has 0 aliphatic carbocycles. The topological polar surface area (TPSA) is 18.5 Å². The first-order valence-corrected chi connectivity index (χ1v) is 5.92. The summed E-state index contributed by atoms with van der Waals surface area (Å²) in [5, 5.41) is 0.989. The van der Waals surface area contributed by atoms with Gasteiger partial charge in [-0.3, -0.25) is 0 Å². The van der Waals surface area contributed by atoms with Crippen LogP contribution in [0.4, 0.5) is 0 Å². The van der Waals surface area contributed by atoms with Gasteiger partial charge in [-0.25, -0.2) is 0 Å². The van der Waals surface area contributed by atoms with Crippen LogP contribution in [0.5, 0.6) is 23.0 Å². The molecule has 1 aliphatic heterocycles. The number of rotatable bonds is 0. The summed E-state index contributed by atoms with van der Waals surface area (Å²) >= 11 is 18.0. The summed E-state index contributed by atoms with van der Waals surface area (Å²) < 4.78 is 11.3. The second kappa shape index (κ2) is 3.98. The van der Waals surface area contributed by atoms with Crippen LogP contribution in [0.25, 0.3) is 0 Å². The smallest absolute Gasteiger partial charge is 0.191 e. The molecule has 0 saturated carbocycles. The van der Waals surface area contributed by atoms with Crippen LogP contribution in [0.2, 0.25) is 15.1 Å². The van der Waals surface area contributed by atoms with E-state index in [0.717, 1.165) is 0 Å². The Morgan fingerprint density at radius 1 is 0.765 bits per heavy atom. The molecule has 2 nitrogen and oxygen atoms in total. The van der Waals surface area contributed by atoms with Gasteiger partial charge in [0.1, 0.15) is 5.02 Å². The van der Waals surface area contributed by atoms with Gasteiger partial charge in [-0.2, -0.15) is 0 Å². The molecule has 86 valence electrons. The minimum atomic E-state index is 0.292. The maximum atomic E-state index is 6.05. The summed E-state index contributed by atoms with van der Waals surface area (Å²) in [6.07, 6.45) is 0. The molecule has 0 fully saturated rings. The van der Waals surface area contributed by atoms with Gasteiger partial charge in [-0.15, -0.1) is 0 Å². The number of ether oxygens (including phenoxy) is 2. The number of halogens is 3. The fraction of sp³-hybridized carbons (Fsp3) is 0. The Morgan fingerprint density at radius 2 is 1.35 bits per heavy atom. The molecule has 0 aromatic heterocycles. The van der Waals surface area contributed by atoms with Gasteiger partial charge in [0.05, 0.1) is 10.0 Å². The zero-order valence-electron chi connectivity index (χ0n) is 8.34. The van der Waals surface area contributed by atoms with Gasteiger partial charge in [-0.1, -0.05) is 46.9 Å². The summed E-state index contributed by atoms with van der Waals surface area (Å²) in [5.74, 6) is 1.92. The fourth-order valence-corrected chi connectivity index (χ4v) is 2.24. The lowest BCUT2D eigenvalue weighted by Crippen LogP contribution is -2.00. The molecule has 5 heteroatoms. The molecule has 0 amide bonds. The van der Waals surface area contributed by atoms with Crippen LogP contribution in [0, 0.1) is 0 Å². The SMILES string of the molecule is Clc1cc(Cl)c2c(c1Cl)Oc1ccccc1O2. The lowest BCUT2D eigenvalue weighted by molar-refractivity contribution is 0.360. The van der Waals surface area contributed by atoms with Crippen LogP contribution < -0.4 is 9.47 Å². The van der Waals surface area contributed by atoms with E-state index in [0.29, 0.717) is 38.1 Å². The molecular weight excluding hydrogens is 282 g/mol. The number of fused-ring (bicyclic) bond motifs is 2. The first-order chi connectivity index (χ1) is 8.16. The highest BCUT2D eigenvalue weighted by molar-refractivity contribution is 6.44. The van der Waals surface area contributed by atoms with E-state index in [-0.39, 0.29) is 0 Å². The summed E-state index contributed by atoms with van der Waals surface area (Å²) in [5.41, 5.74) is 0. The minimum absolute atomic E-state index is 0.292. The molecule has 17 heavy (non-hydrogen) atoms. The zero-order chi connectivity index (χ0) is 12.0. The maximum Gasteiger partial charge on any atom is 0.191 e. The Labute approximate surface area is 113 Å². The lowest BCUT2D eigenvalue weighted by Gasteiger charge is -2.22. The first kappa shape index (κ1) is 11.0. The molecule has 2 aromatic carbocycles. The first-order valence-electron chi connectivity index (χ1n) is 4.79. The van der Waals surface area contributed by atoms with Gasteiger partial charge < -0.3 is 9.47 Å². The van der Waals surface area contributed by atoms with Crippen LogP contribution in [-0.4, -0.2) is 0 Å². The highest BCUT2D eigenvalue weighted by Gasteiger charge is 2.25. The number of para-hydroxylation sites is 2. The van der Waals surface area contributed by atoms with Gasteiger partial charge >= 0.3 is 0 Å². The van der Waals surface area contributed by atoms with Crippen LogP contribution in [-0.2, 0) is 0 Å². The Balaban J connectivity index is 2.21. The molecule has 0 unspecified atom stereocenters. The van der Waals surface area contributed by atoms with Crippen molar-refractivity contribution >= 4 is 34.8 Å². The van der Waals surface area contributed by atoms with Crippen molar-refractivity contribution in [3.63, 3.8) is 0 Å². The predicted molar refractivity (Wildman–Crippen MR) is 68.1 cm³/mol. The van der Waals surface area contributed by atoms with E-state index in [1.807, 2.05) is 12.1 Å². The van der Waals surface area contributed by atoms with Crippen LogP contribution in [0.15, 0.2) is 30.3 Å². The monoisotopic (exact) mass is 286 g/mol. The van der Waals surface area contributed by atoms with Gasteiger partial charge in [0, 0.05) is 0 Å². The molecule has 1 aliphatic rings.